The van der Waals surface area contributed by atoms with E-state index in [9.17, 15) is 4.79 Å². The summed E-state index contributed by atoms with van der Waals surface area (Å²) in [5.74, 6) is 0. The molecule has 19 heavy (non-hydrogen) atoms. The number of aromatic nitrogens is 2. The van der Waals surface area contributed by atoms with Crippen LogP contribution in [0.4, 0.5) is 5.13 Å². The molecule has 5 heteroatoms. The SMILES string of the molecule is CCCCNc1nnc(-c2ccc(C=O)cc2C)s1. The second-order valence-corrected chi connectivity index (χ2v) is 5.36. The monoisotopic (exact) mass is 275 g/mol. The number of benzene rings is 1. The molecule has 0 aliphatic carbocycles. The topological polar surface area (TPSA) is 54.9 Å². The van der Waals surface area contributed by atoms with E-state index in [1.165, 1.54) is 0 Å². The maximum Gasteiger partial charge on any atom is 0.206 e. The first kappa shape index (κ1) is 13.7. The first-order valence-electron chi connectivity index (χ1n) is 6.38. The van der Waals surface area contributed by atoms with Crippen molar-refractivity contribution in [1.29, 1.82) is 0 Å². The molecule has 0 bridgehead atoms. The fourth-order valence-corrected chi connectivity index (χ4v) is 2.64. The van der Waals surface area contributed by atoms with E-state index in [0.29, 0.717) is 5.56 Å². The van der Waals surface area contributed by atoms with Crippen molar-refractivity contribution < 1.29 is 4.79 Å². The minimum absolute atomic E-state index is 0.687. The fraction of sp³-hybridized carbons (Fsp3) is 0.357. The van der Waals surface area contributed by atoms with Crippen LogP contribution in [0.1, 0.15) is 35.7 Å². The molecule has 1 aromatic heterocycles. The zero-order chi connectivity index (χ0) is 13.7. The highest BCUT2D eigenvalue weighted by atomic mass is 32.1. The summed E-state index contributed by atoms with van der Waals surface area (Å²) in [4.78, 5) is 10.7. The molecule has 1 aromatic carbocycles. The van der Waals surface area contributed by atoms with Gasteiger partial charge >= 0.3 is 0 Å². The van der Waals surface area contributed by atoms with Gasteiger partial charge in [0.05, 0.1) is 0 Å². The van der Waals surface area contributed by atoms with Crippen molar-refractivity contribution in [1.82, 2.24) is 10.2 Å². The molecular formula is C14H17N3OS. The van der Waals surface area contributed by atoms with Crippen molar-refractivity contribution in [3.8, 4) is 10.6 Å². The Hall–Kier alpha value is -1.75. The third-order valence-corrected chi connectivity index (χ3v) is 3.76. The number of carbonyl (C=O) groups is 1. The molecule has 0 aliphatic rings. The molecule has 0 saturated heterocycles. The van der Waals surface area contributed by atoms with Crippen LogP contribution in [0, 0.1) is 6.92 Å². The zero-order valence-electron chi connectivity index (χ0n) is 11.1. The van der Waals surface area contributed by atoms with Crippen molar-refractivity contribution >= 4 is 22.8 Å². The number of nitrogens with one attached hydrogen (secondary N) is 1. The molecule has 1 N–H and O–H groups in total. The number of anilines is 1. The highest BCUT2D eigenvalue weighted by Gasteiger charge is 2.09. The standard InChI is InChI=1S/C14H17N3OS/c1-3-4-7-15-14-17-16-13(19-14)12-6-5-11(9-18)8-10(12)2/h5-6,8-9H,3-4,7H2,1-2H3,(H,15,17). The molecule has 100 valence electrons. The summed E-state index contributed by atoms with van der Waals surface area (Å²) in [6, 6.07) is 5.60. The Bertz CT molecular complexity index is 566. The first-order valence-corrected chi connectivity index (χ1v) is 7.20. The van der Waals surface area contributed by atoms with Crippen LogP contribution in [0.3, 0.4) is 0 Å². The van der Waals surface area contributed by atoms with Gasteiger partial charge in [0.15, 0.2) is 0 Å². The Morgan fingerprint density at radius 1 is 1.37 bits per heavy atom. The number of hydrogen-bond acceptors (Lipinski definition) is 5. The van der Waals surface area contributed by atoms with E-state index in [0.717, 1.165) is 46.9 Å². The van der Waals surface area contributed by atoms with Gasteiger partial charge < -0.3 is 5.32 Å². The Balaban J connectivity index is 2.15. The van der Waals surface area contributed by atoms with Gasteiger partial charge in [-0.1, -0.05) is 36.8 Å². The normalized spacial score (nSPS) is 10.4. The van der Waals surface area contributed by atoms with Gasteiger partial charge in [0.25, 0.3) is 0 Å². The predicted molar refractivity (Wildman–Crippen MR) is 78.9 cm³/mol. The van der Waals surface area contributed by atoms with E-state index >= 15 is 0 Å². The van der Waals surface area contributed by atoms with E-state index in [2.05, 4.69) is 22.4 Å². The van der Waals surface area contributed by atoms with Crippen molar-refractivity contribution in [3.63, 3.8) is 0 Å². The lowest BCUT2D eigenvalue weighted by Gasteiger charge is -2.02. The number of aryl methyl sites for hydroxylation is 1. The van der Waals surface area contributed by atoms with Crippen LogP contribution >= 0.6 is 11.3 Å². The highest BCUT2D eigenvalue weighted by molar-refractivity contribution is 7.18. The van der Waals surface area contributed by atoms with Gasteiger partial charge in [0.2, 0.25) is 5.13 Å². The molecule has 2 aromatic rings. The Morgan fingerprint density at radius 3 is 2.89 bits per heavy atom. The maximum absolute atomic E-state index is 10.7. The van der Waals surface area contributed by atoms with Crippen LogP contribution in [-0.2, 0) is 0 Å². The molecule has 0 spiro atoms. The molecule has 0 unspecified atom stereocenters. The summed E-state index contributed by atoms with van der Waals surface area (Å²) in [5.41, 5.74) is 2.76. The Labute approximate surface area is 116 Å². The smallest absolute Gasteiger partial charge is 0.206 e. The largest absolute Gasteiger partial charge is 0.360 e. The summed E-state index contributed by atoms with van der Waals surface area (Å²) < 4.78 is 0. The zero-order valence-corrected chi connectivity index (χ0v) is 12.0. The number of carbonyl (C=O) groups excluding carboxylic acids is 1. The Morgan fingerprint density at radius 2 is 2.21 bits per heavy atom. The predicted octanol–water partition coefficient (Wildman–Crippen LogP) is 3.54. The van der Waals surface area contributed by atoms with Crippen molar-refractivity contribution in [2.75, 3.05) is 11.9 Å². The maximum atomic E-state index is 10.7. The number of unbranched alkanes of at least 4 members (excludes halogenated alkanes) is 1. The van der Waals surface area contributed by atoms with Gasteiger partial charge in [-0.25, -0.2) is 0 Å². The lowest BCUT2D eigenvalue weighted by molar-refractivity contribution is 0.112. The number of hydrogen-bond donors (Lipinski definition) is 1. The van der Waals surface area contributed by atoms with Gasteiger partial charge in [0.1, 0.15) is 11.3 Å². The van der Waals surface area contributed by atoms with E-state index in [-0.39, 0.29) is 0 Å². The summed E-state index contributed by atoms with van der Waals surface area (Å²) in [6.07, 6.45) is 3.14. The third-order valence-electron chi connectivity index (χ3n) is 2.85. The van der Waals surface area contributed by atoms with Crippen molar-refractivity contribution in [2.45, 2.75) is 26.7 Å². The Kier molecular flexibility index (Phi) is 4.63. The lowest BCUT2D eigenvalue weighted by atomic mass is 10.1. The van der Waals surface area contributed by atoms with Gasteiger partial charge in [-0.2, -0.15) is 0 Å². The third kappa shape index (κ3) is 3.38. The average Bonchev–Trinajstić information content (AvgIpc) is 2.87. The molecule has 0 atom stereocenters. The van der Waals surface area contributed by atoms with Crippen LogP contribution in [0.25, 0.3) is 10.6 Å². The van der Waals surface area contributed by atoms with Crippen LogP contribution < -0.4 is 5.32 Å². The minimum Gasteiger partial charge on any atom is -0.360 e. The van der Waals surface area contributed by atoms with E-state index in [1.54, 1.807) is 17.4 Å². The van der Waals surface area contributed by atoms with Crippen LogP contribution in [0.5, 0.6) is 0 Å². The molecule has 1 heterocycles. The van der Waals surface area contributed by atoms with Crippen LogP contribution in [-0.4, -0.2) is 23.0 Å². The van der Waals surface area contributed by atoms with Crippen molar-refractivity contribution in [3.05, 3.63) is 29.3 Å². The van der Waals surface area contributed by atoms with Gasteiger partial charge in [0, 0.05) is 17.7 Å². The fourth-order valence-electron chi connectivity index (χ4n) is 1.78. The number of aldehydes is 1. The molecule has 0 saturated carbocycles. The molecule has 0 radical (unpaired) electrons. The molecule has 4 nitrogen and oxygen atoms in total. The van der Waals surface area contributed by atoms with Gasteiger partial charge in [-0.05, 0) is 25.0 Å². The summed E-state index contributed by atoms with van der Waals surface area (Å²) in [5, 5.41) is 13.3. The van der Waals surface area contributed by atoms with E-state index < -0.39 is 0 Å². The molecule has 0 amide bonds. The number of nitrogens with zero attached hydrogens (tertiary/aromatic N) is 2. The minimum atomic E-state index is 0.687. The molecule has 0 aliphatic heterocycles. The second kappa shape index (κ2) is 6.43. The van der Waals surface area contributed by atoms with E-state index in [4.69, 9.17) is 0 Å². The highest BCUT2D eigenvalue weighted by Crippen LogP contribution is 2.29. The summed E-state index contributed by atoms with van der Waals surface area (Å²) >= 11 is 1.54. The number of rotatable bonds is 6. The van der Waals surface area contributed by atoms with Crippen LogP contribution in [0.15, 0.2) is 18.2 Å². The lowest BCUT2D eigenvalue weighted by Crippen LogP contribution is -1.99. The molecule has 2 rings (SSSR count). The van der Waals surface area contributed by atoms with Crippen LogP contribution in [0.2, 0.25) is 0 Å². The van der Waals surface area contributed by atoms with Gasteiger partial charge in [-0.3, -0.25) is 4.79 Å². The summed E-state index contributed by atoms with van der Waals surface area (Å²) in [6.45, 7) is 5.06. The van der Waals surface area contributed by atoms with Gasteiger partial charge in [-0.15, -0.1) is 10.2 Å². The first-order chi connectivity index (χ1) is 9.24. The summed E-state index contributed by atoms with van der Waals surface area (Å²) in [7, 11) is 0. The quantitative estimate of drug-likeness (QED) is 0.647. The second-order valence-electron chi connectivity index (χ2n) is 4.38. The van der Waals surface area contributed by atoms with Crippen molar-refractivity contribution in [2.24, 2.45) is 0 Å². The molecular weight excluding hydrogens is 258 g/mol. The average molecular weight is 275 g/mol. The molecule has 0 fully saturated rings. The van der Waals surface area contributed by atoms with E-state index in [1.807, 2.05) is 19.1 Å².